The molecule has 0 saturated carbocycles. The molecule has 1 unspecified atom stereocenters. The fourth-order valence-corrected chi connectivity index (χ4v) is 3.16. The summed E-state index contributed by atoms with van der Waals surface area (Å²) >= 11 is 12.0. The van der Waals surface area contributed by atoms with Gasteiger partial charge in [0.05, 0.1) is 28.4 Å². The topological polar surface area (TPSA) is 41.6 Å². The Bertz CT molecular complexity index is 788. The molecule has 1 saturated heterocycles. The Labute approximate surface area is 161 Å². The average molecular weight is 397 g/mol. The Morgan fingerprint density at radius 1 is 1.23 bits per heavy atom. The normalized spacial score (nSPS) is 17.9. The van der Waals surface area contributed by atoms with Crippen LogP contribution in [0.1, 0.15) is 18.1 Å². The van der Waals surface area contributed by atoms with Gasteiger partial charge in [-0.05, 0) is 29.8 Å². The molecule has 0 aliphatic carbocycles. The molecule has 1 heterocycles. The lowest BCUT2D eigenvalue weighted by Crippen LogP contribution is -2.39. The third-order valence-corrected chi connectivity index (χ3v) is 5.01. The van der Waals surface area contributed by atoms with Crippen molar-refractivity contribution in [3.05, 3.63) is 63.9 Å². The lowest BCUT2D eigenvalue weighted by Gasteiger charge is -2.33. The van der Waals surface area contributed by atoms with Crippen LogP contribution in [0, 0.1) is 5.82 Å². The van der Waals surface area contributed by atoms with Crippen LogP contribution in [-0.4, -0.2) is 37.0 Å². The van der Waals surface area contributed by atoms with E-state index in [1.165, 1.54) is 6.07 Å². The molecule has 1 amide bonds. The highest BCUT2D eigenvalue weighted by Crippen LogP contribution is 2.29. The second kappa shape index (κ2) is 8.82. The van der Waals surface area contributed by atoms with Crippen LogP contribution in [0.3, 0.4) is 0 Å². The van der Waals surface area contributed by atoms with Crippen molar-refractivity contribution in [1.29, 1.82) is 0 Å². The van der Waals surface area contributed by atoms with Crippen molar-refractivity contribution in [3.63, 3.8) is 0 Å². The van der Waals surface area contributed by atoms with E-state index in [4.69, 9.17) is 27.9 Å². The summed E-state index contributed by atoms with van der Waals surface area (Å²) in [5.41, 5.74) is 1.16. The number of ether oxygens (including phenoxy) is 1. The summed E-state index contributed by atoms with van der Waals surface area (Å²) < 4.78 is 19.4. The van der Waals surface area contributed by atoms with E-state index in [2.05, 4.69) is 10.2 Å². The molecule has 2 aromatic carbocycles. The lowest BCUT2D eigenvalue weighted by atomic mass is 10.1. The third kappa shape index (κ3) is 4.95. The van der Waals surface area contributed by atoms with E-state index >= 15 is 0 Å². The fourth-order valence-electron chi connectivity index (χ4n) is 2.85. The first-order valence-electron chi connectivity index (χ1n) is 8.36. The largest absolute Gasteiger partial charge is 0.371 e. The summed E-state index contributed by atoms with van der Waals surface area (Å²) in [6, 6.07) is 11.6. The number of halogens is 3. The minimum absolute atomic E-state index is 0.117. The molecule has 4 nitrogen and oxygen atoms in total. The van der Waals surface area contributed by atoms with Gasteiger partial charge in [0.15, 0.2) is 0 Å². The van der Waals surface area contributed by atoms with Gasteiger partial charge < -0.3 is 10.1 Å². The van der Waals surface area contributed by atoms with Gasteiger partial charge in [0, 0.05) is 26.1 Å². The number of rotatable bonds is 5. The first-order chi connectivity index (χ1) is 12.5. The molecule has 7 heteroatoms. The van der Waals surface area contributed by atoms with Crippen molar-refractivity contribution < 1.29 is 13.9 Å². The van der Waals surface area contributed by atoms with E-state index in [0.29, 0.717) is 29.7 Å². The average Bonchev–Trinajstić information content (AvgIpc) is 2.64. The van der Waals surface area contributed by atoms with Gasteiger partial charge in [0.25, 0.3) is 0 Å². The van der Waals surface area contributed by atoms with Gasteiger partial charge in [0.1, 0.15) is 5.82 Å². The molecular formula is C19H19Cl2FN2O2. The number of para-hydroxylation sites is 1. The first-order valence-corrected chi connectivity index (χ1v) is 9.12. The number of nitrogens with zero attached hydrogens (tertiary/aromatic N) is 1. The molecule has 0 bridgehead atoms. The van der Waals surface area contributed by atoms with Crippen molar-refractivity contribution in [1.82, 2.24) is 4.90 Å². The van der Waals surface area contributed by atoms with E-state index in [0.717, 1.165) is 12.1 Å². The Morgan fingerprint density at radius 2 is 2.04 bits per heavy atom. The first kappa shape index (κ1) is 19.1. The zero-order chi connectivity index (χ0) is 18.5. The second-order valence-electron chi connectivity index (χ2n) is 6.11. The highest BCUT2D eigenvalue weighted by Gasteiger charge is 2.23. The van der Waals surface area contributed by atoms with Crippen LogP contribution >= 0.6 is 23.2 Å². The molecule has 1 aliphatic rings. The summed E-state index contributed by atoms with van der Waals surface area (Å²) in [5.74, 6) is -0.653. The molecular weight excluding hydrogens is 378 g/mol. The van der Waals surface area contributed by atoms with E-state index in [9.17, 15) is 9.18 Å². The SMILES string of the molecule is O=C(CCN1CCOC(c2ccc(Cl)c(Cl)c2)C1)Nc1ccccc1F. The van der Waals surface area contributed by atoms with Crippen LogP contribution in [0.15, 0.2) is 42.5 Å². The van der Waals surface area contributed by atoms with E-state index in [1.54, 1.807) is 24.3 Å². The molecule has 26 heavy (non-hydrogen) atoms. The molecule has 1 atom stereocenters. The van der Waals surface area contributed by atoms with Gasteiger partial charge >= 0.3 is 0 Å². The number of nitrogens with one attached hydrogen (secondary N) is 1. The van der Waals surface area contributed by atoms with Crippen molar-refractivity contribution in [2.75, 3.05) is 31.6 Å². The van der Waals surface area contributed by atoms with Gasteiger partial charge in [-0.3, -0.25) is 9.69 Å². The summed E-state index contributed by atoms with van der Waals surface area (Å²) in [4.78, 5) is 14.2. The molecule has 0 aromatic heterocycles. The van der Waals surface area contributed by atoms with Gasteiger partial charge in [-0.25, -0.2) is 4.39 Å². The highest BCUT2D eigenvalue weighted by molar-refractivity contribution is 6.42. The Morgan fingerprint density at radius 3 is 2.81 bits per heavy atom. The molecule has 1 aliphatic heterocycles. The number of amides is 1. The van der Waals surface area contributed by atoms with Crippen LogP contribution in [0.2, 0.25) is 10.0 Å². The standard InChI is InChI=1S/C19H19Cl2FN2O2/c20-14-6-5-13(11-15(14)21)18-12-24(9-10-26-18)8-7-19(25)23-17-4-2-1-3-16(17)22/h1-6,11,18H,7-10,12H2,(H,23,25). The molecule has 2 aromatic rings. The molecule has 0 radical (unpaired) electrons. The lowest BCUT2D eigenvalue weighted by molar-refractivity contribution is -0.117. The van der Waals surface area contributed by atoms with Crippen LogP contribution in [-0.2, 0) is 9.53 Å². The van der Waals surface area contributed by atoms with Gasteiger partial charge in [-0.1, -0.05) is 41.4 Å². The Hall–Kier alpha value is -1.66. The Balaban J connectivity index is 1.52. The summed E-state index contributed by atoms with van der Waals surface area (Å²) in [6.45, 7) is 2.54. The maximum Gasteiger partial charge on any atom is 0.225 e. The Kier molecular flexibility index (Phi) is 6.48. The summed E-state index contributed by atoms with van der Waals surface area (Å²) in [5, 5.41) is 3.60. The van der Waals surface area contributed by atoms with Crippen molar-refractivity contribution in [2.45, 2.75) is 12.5 Å². The van der Waals surface area contributed by atoms with Crippen molar-refractivity contribution in [2.24, 2.45) is 0 Å². The summed E-state index contributed by atoms with van der Waals surface area (Å²) in [6.07, 6.45) is 0.163. The van der Waals surface area contributed by atoms with Gasteiger partial charge in [-0.2, -0.15) is 0 Å². The third-order valence-electron chi connectivity index (χ3n) is 4.27. The van der Waals surface area contributed by atoms with Crippen LogP contribution in [0.4, 0.5) is 10.1 Å². The zero-order valence-corrected chi connectivity index (χ0v) is 15.6. The zero-order valence-electron chi connectivity index (χ0n) is 14.1. The van der Waals surface area contributed by atoms with Gasteiger partial charge in [-0.15, -0.1) is 0 Å². The quantitative estimate of drug-likeness (QED) is 0.806. The molecule has 0 spiro atoms. The van der Waals surface area contributed by atoms with Crippen molar-refractivity contribution >= 4 is 34.8 Å². The number of morpholine rings is 1. The van der Waals surface area contributed by atoms with Crippen LogP contribution in [0.25, 0.3) is 0 Å². The fraction of sp³-hybridized carbons (Fsp3) is 0.316. The number of benzene rings is 2. The van der Waals surface area contributed by atoms with Crippen LogP contribution in [0.5, 0.6) is 0 Å². The smallest absolute Gasteiger partial charge is 0.225 e. The van der Waals surface area contributed by atoms with Crippen molar-refractivity contribution in [3.8, 4) is 0 Å². The molecule has 1 N–H and O–H groups in total. The monoisotopic (exact) mass is 396 g/mol. The van der Waals surface area contributed by atoms with E-state index in [1.807, 2.05) is 12.1 Å². The highest BCUT2D eigenvalue weighted by atomic mass is 35.5. The number of carbonyl (C=O) groups excluding carboxylic acids is 1. The summed E-state index contributed by atoms with van der Waals surface area (Å²) in [7, 11) is 0. The van der Waals surface area contributed by atoms with E-state index in [-0.39, 0.29) is 24.1 Å². The number of hydrogen-bond acceptors (Lipinski definition) is 3. The van der Waals surface area contributed by atoms with Gasteiger partial charge in [0.2, 0.25) is 5.91 Å². The number of hydrogen-bond donors (Lipinski definition) is 1. The maximum absolute atomic E-state index is 13.6. The van der Waals surface area contributed by atoms with Crippen LogP contribution < -0.4 is 5.32 Å². The predicted molar refractivity (Wildman–Crippen MR) is 101 cm³/mol. The van der Waals surface area contributed by atoms with E-state index < -0.39 is 5.82 Å². The minimum atomic E-state index is -0.438. The maximum atomic E-state index is 13.6. The molecule has 1 fully saturated rings. The number of carbonyl (C=O) groups is 1. The predicted octanol–water partition coefficient (Wildman–Crippen LogP) is 4.53. The number of anilines is 1. The minimum Gasteiger partial charge on any atom is -0.371 e. The molecule has 138 valence electrons. The second-order valence-corrected chi connectivity index (χ2v) is 6.93. The molecule has 3 rings (SSSR count).